The van der Waals surface area contributed by atoms with E-state index in [1.54, 1.807) is 12.3 Å². The normalized spacial score (nSPS) is 10.7. The highest BCUT2D eigenvalue weighted by molar-refractivity contribution is 9.11. The summed E-state index contributed by atoms with van der Waals surface area (Å²) in [5, 5.41) is 17.2. The van der Waals surface area contributed by atoms with Gasteiger partial charge in [0.1, 0.15) is 12.4 Å². The molecule has 0 aliphatic rings. The Morgan fingerprint density at radius 1 is 1.45 bits per heavy atom. The van der Waals surface area contributed by atoms with Crippen LogP contribution in [0.1, 0.15) is 5.56 Å². The van der Waals surface area contributed by atoms with Crippen LogP contribution in [0.3, 0.4) is 0 Å². The summed E-state index contributed by atoms with van der Waals surface area (Å²) in [7, 11) is 0. The number of rotatable bonds is 6. The van der Waals surface area contributed by atoms with E-state index in [-0.39, 0.29) is 5.95 Å². The molecule has 0 saturated heterocycles. The molecular formula is C11H10Br2N6O. The van der Waals surface area contributed by atoms with Gasteiger partial charge in [-0.05, 0) is 33.3 Å². The van der Waals surface area contributed by atoms with Crippen LogP contribution < -0.4 is 10.2 Å². The molecule has 20 heavy (non-hydrogen) atoms. The van der Waals surface area contributed by atoms with Crippen LogP contribution in [0.5, 0.6) is 5.75 Å². The topological polar surface area (TPSA) is 88.1 Å². The highest BCUT2D eigenvalue weighted by Crippen LogP contribution is 2.32. The van der Waals surface area contributed by atoms with Crippen LogP contribution in [0, 0.1) is 0 Å². The number of aromatic amines is 1. The molecule has 0 unspecified atom stereocenters. The maximum absolute atomic E-state index is 5.61. The van der Waals surface area contributed by atoms with Gasteiger partial charge in [-0.25, -0.2) is 5.43 Å². The molecule has 0 fully saturated rings. The number of ether oxygens (including phenoxy) is 1. The summed E-state index contributed by atoms with van der Waals surface area (Å²) in [6.07, 6.45) is 3.28. The van der Waals surface area contributed by atoms with Crippen LogP contribution in [-0.2, 0) is 0 Å². The van der Waals surface area contributed by atoms with E-state index in [9.17, 15) is 0 Å². The number of halogens is 2. The van der Waals surface area contributed by atoms with E-state index in [0.29, 0.717) is 12.4 Å². The second-order valence-electron chi connectivity index (χ2n) is 3.51. The smallest absolute Gasteiger partial charge is 0.283 e. The van der Waals surface area contributed by atoms with Crippen molar-refractivity contribution in [3.63, 3.8) is 0 Å². The minimum atomic E-state index is 0.281. The number of benzene rings is 1. The lowest BCUT2D eigenvalue weighted by Gasteiger charge is -2.10. The fourth-order valence-corrected chi connectivity index (χ4v) is 2.71. The van der Waals surface area contributed by atoms with Gasteiger partial charge >= 0.3 is 0 Å². The molecule has 1 aromatic carbocycles. The van der Waals surface area contributed by atoms with E-state index >= 15 is 0 Å². The Bertz CT molecular complexity index is 614. The van der Waals surface area contributed by atoms with E-state index in [1.807, 2.05) is 12.1 Å². The minimum absolute atomic E-state index is 0.281. The molecule has 0 saturated carbocycles. The average molecular weight is 402 g/mol. The summed E-state index contributed by atoms with van der Waals surface area (Å²) in [5.41, 5.74) is 3.42. The number of nitrogens with one attached hydrogen (secondary N) is 2. The first-order valence-corrected chi connectivity index (χ1v) is 7.04. The number of tetrazole rings is 1. The Morgan fingerprint density at radius 2 is 2.30 bits per heavy atom. The second kappa shape index (κ2) is 7.15. The van der Waals surface area contributed by atoms with E-state index < -0.39 is 0 Å². The Labute approximate surface area is 131 Å². The van der Waals surface area contributed by atoms with Gasteiger partial charge in [0, 0.05) is 10.0 Å². The molecule has 0 amide bonds. The van der Waals surface area contributed by atoms with E-state index in [2.05, 4.69) is 69.6 Å². The number of hydrogen-bond donors (Lipinski definition) is 2. The number of H-pyrrole nitrogens is 1. The van der Waals surface area contributed by atoms with Gasteiger partial charge in [0.15, 0.2) is 0 Å². The third-order valence-corrected chi connectivity index (χ3v) is 3.14. The van der Waals surface area contributed by atoms with Crippen LogP contribution in [-0.4, -0.2) is 33.4 Å². The van der Waals surface area contributed by atoms with Gasteiger partial charge in [0.25, 0.3) is 5.95 Å². The van der Waals surface area contributed by atoms with Crippen LogP contribution in [0.15, 0.2) is 38.8 Å². The van der Waals surface area contributed by atoms with Crippen molar-refractivity contribution in [2.45, 2.75) is 0 Å². The molecule has 2 N–H and O–H groups in total. The summed E-state index contributed by atoms with van der Waals surface area (Å²) in [6, 6.07) is 3.77. The largest absolute Gasteiger partial charge is 0.488 e. The maximum Gasteiger partial charge on any atom is 0.283 e. The summed E-state index contributed by atoms with van der Waals surface area (Å²) in [6.45, 7) is 4.03. The molecule has 104 valence electrons. The Balaban J connectivity index is 2.20. The minimum Gasteiger partial charge on any atom is -0.488 e. The van der Waals surface area contributed by atoms with E-state index in [1.165, 1.54) is 0 Å². The Hall–Kier alpha value is -1.74. The van der Waals surface area contributed by atoms with Gasteiger partial charge in [-0.15, -0.1) is 5.10 Å². The van der Waals surface area contributed by atoms with E-state index in [4.69, 9.17) is 4.74 Å². The van der Waals surface area contributed by atoms with Gasteiger partial charge in [0.05, 0.1) is 10.7 Å². The zero-order valence-electron chi connectivity index (χ0n) is 10.2. The number of nitrogens with zero attached hydrogens (tertiary/aromatic N) is 4. The van der Waals surface area contributed by atoms with Gasteiger partial charge in [-0.3, -0.25) is 0 Å². The Kier molecular flexibility index (Phi) is 5.24. The van der Waals surface area contributed by atoms with Crippen molar-refractivity contribution in [3.8, 4) is 5.75 Å². The molecule has 0 bridgehead atoms. The standard InChI is InChI=1S/C11H10Br2N6O/c1-2-3-20-10-7(4-8(12)5-9(10)13)6-14-15-11-16-18-19-17-11/h2,4-6H,1,3H2,(H2,15,16,17,18,19). The predicted octanol–water partition coefficient (Wildman–Crippen LogP) is 2.74. The maximum atomic E-state index is 5.61. The molecule has 0 radical (unpaired) electrons. The molecule has 7 nitrogen and oxygen atoms in total. The predicted molar refractivity (Wildman–Crippen MR) is 82.9 cm³/mol. The monoisotopic (exact) mass is 400 g/mol. The first-order valence-electron chi connectivity index (χ1n) is 5.46. The first kappa shape index (κ1) is 14.7. The molecule has 2 aromatic rings. The summed E-state index contributed by atoms with van der Waals surface area (Å²) >= 11 is 6.87. The van der Waals surface area contributed by atoms with Gasteiger partial charge < -0.3 is 4.74 Å². The average Bonchev–Trinajstić information content (AvgIpc) is 2.91. The number of aromatic nitrogens is 4. The molecule has 0 aliphatic carbocycles. The first-order chi connectivity index (χ1) is 9.70. The van der Waals surface area contributed by atoms with Gasteiger partial charge in [-0.2, -0.15) is 10.3 Å². The fourth-order valence-electron chi connectivity index (χ4n) is 1.34. The lowest BCUT2D eigenvalue weighted by molar-refractivity contribution is 0.360. The molecule has 1 aromatic heterocycles. The lowest BCUT2D eigenvalue weighted by atomic mass is 10.2. The highest BCUT2D eigenvalue weighted by atomic mass is 79.9. The Morgan fingerprint density at radius 3 is 3.00 bits per heavy atom. The van der Waals surface area contributed by atoms with Gasteiger partial charge in [-0.1, -0.05) is 33.7 Å². The quantitative estimate of drug-likeness (QED) is 0.441. The molecule has 9 heteroatoms. The van der Waals surface area contributed by atoms with Crippen LogP contribution >= 0.6 is 31.9 Å². The van der Waals surface area contributed by atoms with Crippen LogP contribution in [0.4, 0.5) is 5.95 Å². The van der Waals surface area contributed by atoms with Crippen LogP contribution in [0.25, 0.3) is 0 Å². The summed E-state index contributed by atoms with van der Waals surface area (Å²) < 4.78 is 7.32. The van der Waals surface area contributed by atoms with Crippen molar-refractivity contribution >= 4 is 44.0 Å². The van der Waals surface area contributed by atoms with E-state index in [0.717, 1.165) is 14.5 Å². The zero-order valence-corrected chi connectivity index (χ0v) is 13.3. The van der Waals surface area contributed by atoms with Crippen molar-refractivity contribution in [2.75, 3.05) is 12.0 Å². The number of hydrogen-bond acceptors (Lipinski definition) is 6. The second-order valence-corrected chi connectivity index (χ2v) is 5.28. The SMILES string of the molecule is C=CCOc1c(Br)cc(Br)cc1C=NNc1nn[nH]n1. The van der Waals surface area contributed by atoms with Crippen LogP contribution in [0.2, 0.25) is 0 Å². The molecule has 0 spiro atoms. The van der Waals surface area contributed by atoms with Crippen molar-refractivity contribution in [2.24, 2.45) is 5.10 Å². The number of anilines is 1. The number of hydrazone groups is 1. The zero-order chi connectivity index (χ0) is 14.4. The van der Waals surface area contributed by atoms with Crippen molar-refractivity contribution in [1.82, 2.24) is 20.6 Å². The molecule has 2 rings (SSSR count). The summed E-state index contributed by atoms with van der Waals surface area (Å²) in [5.74, 6) is 0.954. The van der Waals surface area contributed by atoms with Crippen molar-refractivity contribution in [1.29, 1.82) is 0 Å². The van der Waals surface area contributed by atoms with Crippen molar-refractivity contribution < 1.29 is 4.74 Å². The molecule has 0 atom stereocenters. The molecule has 1 heterocycles. The third kappa shape index (κ3) is 3.87. The highest BCUT2D eigenvalue weighted by Gasteiger charge is 2.08. The fraction of sp³-hybridized carbons (Fsp3) is 0.0909. The molecule has 0 aliphatic heterocycles. The van der Waals surface area contributed by atoms with Gasteiger partial charge in [0.2, 0.25) is 0 Å². The molecular weight excluding hydrogens is 392 g/mol. The lowest BCUT2D eigenvalue weighted by Crippen LogP contribution is -2.00. The van der Waals surface area contributed by atoms with Crippen molar-refractivity contribution in [3.05, 3.63) is 39.3 Å². The third-order valence-electron chi connectivity index (χ3n) is 2.10. The summed E-state index contributed by atoms with van der Waals surface area (Å²) in [4.78, 5) is 0.